The number of tetrazole rings is 1. The highest BCUT2D eigenvalue weighted by Gasteiger charge is 2.31. The maximum Gasteiger partial charge on any atom is 0.245 e. The van der Waals surface area contributed by atoms with Gasteiger partial charge >= 0.3 is 0 Å². The molecule has 20 heavy (non-hydrogen) atoms. The van der Waals surface area contributed by atoms with E-state index in [0.29, 0.717) is 17.5 Å². The molecule has 0 saturated heterocycles. The molecule has 0 radical (unpaired) electrons. The van der Waals surface area contributed by atoms with Crippen molar-refractivity contribution >= 4 is 34.1 Å². The van der Waals surface area contributed by atoms with E-state index in [1.165, 1.54) is 4.68 Å². The minimum atomic E-state index is -0.319. The highest BCUT2D eigenvalue weighted by atomic mass is 127. The van der Waals surface area contributed by atoms with Gasteiger partial charge in [0.2, 0.25) is 17.5 Å². The number of hydrogen-bond acceptors (Lipinski definition) is 8. The van der Waals surface area contributed by atoms with Gasteiger partial charge in [0.05, 0.1) is 0 Å². The number of halogens is 1. The number of hydrogen-bond donors (Lipinski definition) is 2. The third-order valence-corrected chi connectivity index (χ3v) is 3.82. The molecule has 1 atom stereocenters. The lowest BCUT2D eigenvalue weighted by molar-refractivity contribution is 0.307. The summed E-state index contributed by atoms with van der Waals surface area (Å²) in [7, 11) is 0. The third-order valence-electron chi connectivity index (χ3n) is 2.88. The number of para-hydroxylation sites is 1. The first-order chi connectivity index (χ1) is 9.83. The summed E-state index contributed by atoms with van der Waals surface area (Å²) in [4.78, 5) is 0. The lowest BCUT2D eigenvalue weighted by Crippen LogP contribution is -2.28. The highest BCUT2D eigenvalue weighted by Crippen LogP contribution is 2.30. The van der Waals surface area contributed by atoms with E-state index in [1.54, 1.807) is 0 Å². The van der Waals surface area contributed by atoms with Crippen LogP contribution in [-0.2, 0) is 0 Å². The smallest absolute Gasteiger partial charge is 0.245 e. The number of nitrogens with one attached hydrogen (secondary N) is 2. The van der Waals surface area contributed by atoms with Gasteiger partial charge < -0.3 is 10.6 Å². The third kappa shape index (κ3) is 1.71. The second kappa shape index (κ2) is 4.40. The van der Waals surface area contributed by atoms with Crippen LogP contribution in [-0.4, -0.2) is 30.5 Å². The Morgan fingerprint density at radius 2 is 2.20 bits per heavy atom. The Morgan fingerprint density at radius 1 is 1.30 bits per heavy atom. The first-order valence-electron chi connectivity index (χ1n) is 5.72. The lowest BCUT2D eigenvalue weighted by Gasteiger charge is -2.23. The molecule has 0 bridgehead atoms. The summed E-state index contributed by atoms with van der Waals surface area (Å²) in [5.41, 5.74) is 0.972. The minimum Gasteiger partial charge on any atom is -0.358 e. The van der Waals surface area contributed by atoms with Crippen molar-refractivity contribution < 1.29 is 4.63 Å². The molecule has 2 aromatic heterocycles. The van der Waals surface area contributed by atoms with Gasteiger partial charge in [0.15, 0.2) is 6.17 Å². The molecule has 3 heterocycles. The molecule has 1 unspecified atom stereocenters. The first kappa shape index (κ1) is 11.6. The van der Waals surface area contributed by atoms with E-state index < -0.39 is 0 Å². The Morgan fingerprint density at radius 3 is 3.10 bits per heavy atom. The summed E-state index contributed by atoms with van der Waals surface area (Å²) < 4.78 is 7.30. The van der Waals surface area contributed by atoms with Crippen molar-refractivity contribution in [3.05, 3.63) is 33.7 Å². The van der Waals surface area contributed by atoms with Crippen LogP contribution < -0.4 is 10.6 Å². The molecule has 0 fully saturated rings. The second-order valence-corrected chi connectivity index (χ2v) is 5.25. The predicted molar refractivity (Wildman–Crippen MR) is 76.2 cm³/mol. The Kier molecular flexibility index (Phi) is 2.55. The van der Waals surface area contributed by atoms with E-state index in [2.05, 4.69) is 59.1 Å². The average Bonchev–Trinajstić information content (AvgIpc) is 3.08. The van der Waals surface area contributed by atoms with Gasteiger partial charge in [-0.05, 0) is 55.5 Å². The Bertz CT molecular complexity index is 768. The van der Waals surface area contributed by atoms with Gasteiger partial charge in [-0.1, -0.05) is 12.1 Å². The lowest BCUT2D eigenvalue weighted by atomic mass is 10.3. The summed E-state index contributed by atoms with van der Waals surface area (Å²) in [5.74, 6) is 1.53. The predicted octanol–water partition coefficient (Wildman–Crippen LogP) is 1.19. The summed E-state index contributed by atoms with van der Waals surface area (Å²) in [6, 6.07) is 7.93. The molecule has 0 aliphatic carbocycles. The van der Waals surface area contributed by atoms with Crippen molar-refractivity contribution in [3.8, 4) is 5.82 Å². The SMILES string of the molecule is Ic1ccccc1NC1Nc2nonc2-n2nnnc21. The number of aromatic nitrogens is 6. The van der Waals surface area contributed by atoms with Crippen LogP contribution in [0.25, 0.3) is 5.82 Å². The molecule has 3 aromatic rings. The average molecular weight is 382 g/mol. The van der Waals surface area contributed by atoms with Crippen molar-refractivity contribution in [1.29, 1.82) is 0 Å². The van der Waals surface area contributed by atoms with Crippen LogP contribution in [0.5, 0.6) is 0 Å². The van der Waals surface area contributed by atoms with Crippen LogP contribution in [0.4, 0.5) is 11.5 Å². The van der Waals surface area contributed by atoms with Crippen LogP contribution in [0.1, 0.15) is 12.0 Å². The number of benzene rings is 1. The fourth-order valence-electron chi connectivity index (χ4n) is 1.97. The van der Waals surface area contributed by atoms with E-state index in [9.17, 15) is 0 Å². The zero-order chi connectivity index (χ0) is 13.5. The molecule has 10 heteroatoms. The number of rotatable bonds is 2. The topological polar surface area (TPSA) is 107 Å². The largest absolute Gasteiger partial charge is 0.358 e. The van der Waals surface area contributed by atoms with E-state index in [4.69, 9.17) is 4.63 Å². The Labute approximate surface area is 125 Å². The fraction of sp³-hybridized carbons (Fsp3) is 0.100. The van der Waals surface area contributed by atoms with Gasteiger partial charge in [0.25, 0.3) is 0 Å². The van der Waals surface area contributed by atoms with E-state index in [1.807, 2.05) is 24.3 Å². The van der Waals surface area contributed by atoms with Gasteiger partial charge in [-0.3, -0.25) is 0 Å². The quantitative estimate of drug-likeness (QED) is 0.637. The number of anilines is 2. The molecular formula is C10H7IN8O. The second-order valence-electron chi connectivity index (χ2n) is 4.09. The summed E-state index contributed by atoms with van der Waals surface area (Å²) in [6.07, 6.45) is -0.319. The Hall–Kier alpha value is -2.24. The Balaban J connectivity index is 1.73. The molecule has 4 rings (SSSR count). The first-order valence-corrected chi connectivity index (χ1v) is 6.79. The standard InChI is InChI=1S/C10H7IN8O/c11-5-3-1-2-4-6(5)12-7-9-14-17-18-19(9)10-8(13-7)15-20-16-10/h1-4,7,12H,(H,13,15). The van der Waals surface area contributed by atoms with Crippen LogP contribution in [0.3, 0.4) is 0 Å². The summed E-state index contributed by atoms with van der Waals surface area (Å²) in [6.45, 7) is 0. The maximum absolute atomic E-state index is 4.71. The molecule has 100 valence electrons. The highest BCUT2D eigenvalue weighted by molar-refractivity contribution is 14.1. The normalized spacial score (nSPS) is 16.1. The van der Waals surface area contributed by atoms with Gasteiger partial charge in [0.1, 0.15) is 0 Å². The van der Waals surface area contributed by atoms with E-state index in [0.717, 1.165) is 9.26 Å². The molecule has 0 spiro atoms. The van der Waals surface area contributed by atoms with Gasteiger partial charge in [-0.2, -0.15) is 4.68 Å². The van der Waals surface area contributed by atoms with E-state index in [-0.39, 0.29) is 6.17 Å². The molecule has 1 aromatic carbocycles. The molecule has 1 aliphatic heterocycles. The molecule has 1 aliphatic rings. The van der Waals surface area contributed by atoms with Gasteiger partial charge in [0, 0.05) is 9.26 Å². The number of nitrogens with zero attached hydrogens (tertiary/aromatic N) is 6. The molecule has 9 nitrogen and oxygen atoms in total. The van der Waals surface area contributed by atoms with Crippen LogP contribution >= 0.6 is 22.6 Å². The van der Waals surface area contributed by atoms with Crippen molar-refractivity contribution in [2.75, 3.05) is 10.6 Å². The zero-order valence-electron chi connectivity index (χ0n) is 9.86. The molecule has 0 amide bonds. The van der Waals surface area contributed by atoms with Crippen molar-refractivity contribution in [2.24, 2.45) is 0 Å². The molecule has 2 N–H and O–H groups in total. The monoisotopic (exact) mass is 382 g/mol. The zero-order valence-corrected chi connectivity index (χ0v) is 12.0. The van der Waals surface area contributed by atoms with E-state index >= 15 is 0 Å². The summed E-state index contributed by atoms with van der Waals surface area (Å²) in [5, 5.41) is 25.6. The van der Waals surface area contributed by atoms with Gasteiger partial charge in [-0.15, -0.1) is 5.10 Å². The van der Waals surface area contributed by atoms with Crippen molar-refractivity contribution in [2.45, 2.75) is 6.17 Å². The van der Waals surface area contributed by atoms with Crippen LogP contribution in [0.2, 0.25) is 0 Å². The van der Waals surface area contributed by atoms with Crippen LogP contribution in [0, 0.1) is 3.57 Å². The van der Waals surface area contributed by atoms with Crippen LogP contribution in [0.15, 0.2) is 28.9 Å². The summed E-state index contributed by atoms with van der Waals surface area (Å²) >= 11 is 2.26. The van der Waals surface area contributed by atoms with Crippen molar-refractivity contribution in [3.63, 3.8) is 0 Å². The minimum absolute atomic E-state index is 0.319. The fourth-order valence-corrected chi connectivity index (χ4v) is 2.52. The maximum atomic E-state index is 4.71. The molecule has 0 saturated carbocycles. The number of fused-ring (bicyclic) bond motifs is 3. The molecular weight excluding hydrogens is 375 g/mol. The van der Waals surface area contributed by atoms with Crippen molar-refractivity contribution in [1.82, 2.24) is 30.5 Å². The van der Waals surface area contributed by atoms with Gasteiger partial charge in [-0.25, -0.2) is 4.63 Å².